The van der Waals surface area contributed by atoms with E-state index in [9.17, 15) is 19.7 Å². The van der Waals surface area contributed by atoms with Crippen LogP contribution in [-0.4, -0.2) is 28.5 Å². The molecular formula is C15H20N4O5. The maximum absolute atomic E-state index is 11.9. The molecule has 0 saturated carbocycles. The Morgan fingerprint density at radius 1 is 1.33 bits per heavy atom. The van der Waals surface area contributed by atoms with Gasteiger partial charge in [-0.15, -0.1) is 0 Å². The molecule has 0 aliphatic rings. The minimum atomic E-state index is -0.589. The van der Waals surface area contributed by atoms with Crippen LogP contribution in [0.5, 0.6) is 0 Å². The van der Waals surface area contributed by atoms with Gasteiger partial charge in [-0.2, -0.15) is 0 Å². The predicted molar refractivity (Wildman–Crippen MR) is 87.7 cm³/mol. The first kappa shape index (κ1) is 17.7. The second kappa shape index (κ2) is 8.25. The number of nitro groups is 1. The molecule has 0 aliphatic heterocycles. The number of nitrogens with two attached hydrogens (primary N) is 1. The van der Waals surface area contributed by atoms with Crippen LogP contribution in [0.3, 0.4) is 0 Å². The van der Waals surface area contributed by atoms with Crippen LogP contribution in [0, 0.1) is 10.1 Å². The lowest BCUT2D eigenvalue weighted by Crippen LogP contribution is -2.25. The molecule has 0 spiro atoms. The van der Waals surface area contributed by atoms with Gasteiger partial charge in [-0.05, 0) is 31.9 Å². The van der Waals surface area contributed by atoms with E-state index in [0.29, 0.717) is 31.6 Å². The van der Waals surface area contributed by atoms with Gasteiger partial charge >= 0.3 is 5.76 Å². The minimum absolute atomic E-state index is 0.0801. The zero-order valence-electron chi connectivity index (χ0n) is 13.2. The number of aryl methyl sites for hydroxylation is 1. The zero-order chi connectivity index (χ0) is 17.5. The number of hydrogen-bond donors (Lipinski definition) is 2. The third-order valence-electron chi connectivity index (χ3n) is 3.60. The van der Waals surface area contributed by atoms with Crippen molar-refractivity contribution < 1.29 is 14.1 Å². The van der Waals surface area contributed by atoms with E-state index in [2.05, 4.69) is 5.32 Å². The molecule has 9 nitrogen and oxygen atoms in total. The van der Waals surface area contributed by atoms with Gasteiger partial charge in [0.2, 0.25) is 5.91 Å². The average molecular weight is 336 g/mol. The first-order chi connectivity index (χ1) is 11.5. The Hall–Kier alpha value is -2.68. The van der Waals surface area contributed by atoms with Crippen molar-refractivity contribution in [2.45, 2.75) is 32.2 Å². The van der Waals surface area contributed by atoms with Gasteiger partial charge in [0.15, 0.2) is 5.58 Å². The molecule has 0 aliphatic carbocycles. The van der Waals surface area contributed by atoms with Gasteiger partial charge in [-0.3, -0.25) is 19.5 Å². The van der Waals surface area contributed by atoms with Crippen molar-refractivity contribution in [3.05, 3.63) is 38.9 Å². The Morgan fingerprint density at radius 2 is 2.12 bits per heavy atom. The average Bonchev–Trinajstić information content (AvgIpc) is 2.86. The van der Waals surface area contributed by atoms with Gasteiger partial charge in [-0.25, -0.2) is 4.79 Å². The highest BCUT2D eigenvalue weighted by atomic mass is 16.6. The van der Waals surface area contributed by atoms with Gasteiger partial charge < -0.3 is 15.5 Å². The van der Waals surface area contributed by atoms with Crippen LogP contribution in [-0.2, 0) is 11.3 Å². The number of amides is 1. The van der Waals surface area contributed by atoms with Crippen LogP contribution in [0.1, 0.15) is 25.7 Å². The number of nitrogens with zero attached hydrogens (tertiary/aromatic N) is 2. The highest BCUT2D eigenvalue weighted by Gasteiger charge is 2.14. The first-order valence-electron chi connectivity index (χ1n) is 7.77. The summed E-state index contributed by atoms with van der Waals surface area (Å²) in [7, 11) is 0. The van der Waals surface area contributed by atoms with Gasteiger partial charge in [0, 0.05) is 25.6 Å². The highest BCUT2D eigenvalue weighted by molar-refractivity contribution is 5.76. The van der Waals surface area contributed by atoms with Crippen molar-refractivity contribution in [1.82, 2.24) is 9.88 Å². The molecule has 130 valence electrons. The van der Waals surface area contributed by atoms with E-state index in [0.717, 1.165) is 12.8 Å². The van der Waals surface area contributed by atoms with Gasteiger partial charge in [-0.1, -0.05) is 0 Å². The Morgan fingerprint density at radius 3 is 2.83 bits per heavy atom. The maximum Gasteiger partial charge on any atom is 0.419 e. The molecule has 1 aromatic carbocycles. The van der Waals surface area contributed by atoms with Crippen LogP contribution in [0.2, 0.25) is 0 Å². The number of fused-ring (bicyclic) bond motifs is 1. The fourth-order valence-corrected chi connectivity index (χ4v) is 2.36. The number of non-ortho nitro benzene ring substituents is 1. The normalized spacial score (nSPS) is 10.9. The fourth-order valence-electron chi connectivity index (χ4n) is 2.36. The molecule has 0 unspecified atom stereocenters. The fraction of sp³-hybridized carbons (Fsp3) is 0.467. The van der Waals surface area contributed by atoms with Crippen molar-refractivity contribution in [1.29, 1.82) is 0 Å². The first-order valence-corrected chi connectivity index (χ1v) is 7.77. The summed E-state index contributed by atoms with van der Waals surface area (Å²) >= 11 is 0. The lowest BCUT2D eigenvalue weighted by molar-refractivity contribution is -0.384. The Balaban J connectivity index is 1.93. The van der Waals surface area contributed by atoms with E-state index in [1.54, 1.807) is 0 Å². The predicted octanol–water partition coefficient (Wildman–Crippen LogP) is 1.14. The Bertz CT molecular complexity index is 780. The molecule has 3 N–H and O–H groups in total. The summed E-state index contributed by atoms with van der Waals surface area (Å²) in [6.07, 6.45) is 2.46. The SMILES string of the molecule is NCCCCNC(=O)CCCn1c(=O)oc2cc([N+](=O)[O-])ccc21. The van der Waals surface area contributed by atoms with Crippen LogP contribution in [0.25, 0.3) is 11.1 Å². The number of benzene rings is 1. The standard InChI is InChI=1S/C15H20N4O5/c16-7-1-2-8-17-14(20)4-3-9-18-12-6-5-11(19(22)23)10-13(12)24-15(18)21/h5-6,10H,1-4,7-9,16H2,(H,17,20). The Kier molecular flexibility index (Phi) is 6.07. The molecule has 0 radical (unpaired) electrons. The van der Waals surface area contributed by atoms with Crippen molar-refractivity contribution >= 4 is 22.7 Å². The number of aromatic nitrogens is 1. The van der Waals surface area contributed by atoms with Crippen LogP contribution in [0.4, 0.5) is 5.69 Å². The second-order valence-electron chi connectivity index (χ2n) is 5.38. The van der Waals surface area contributed by atoms with E-state index in [1.807, 2.05) is 0 Å². The van der Waals surface area contributed by atoms with E-state index in [-0.39, 0.29) is 23.6 Å². The van der Waals surface area contributed by atoms with E-state index in [4.69, 9.17) is 10.2 Å². The largest absolute Gasteiger partial charge is 0.419 e. The van der Waals surface area contributed by atoms with Crippen LogP contribution >= 0.6 is 0 Å². The van der Waals surface area contributed by atoms with Gasteiger partial charge in [0.1, 0.15) is 0 Å². The molecule has 2 rings (SSSR count). The number of nitro benzene ring substituents is 1. The molecule has 1 amide bonds. The molecule has 9 heteroatoms. The maximum atomic E-state index is 11.9. The molecule has 24 heavy (non-hydrogen) atoms. The van der Waals surface area contributed by atoms with Crippen LogP contribution in [0.15, 0.2) is 27.4 Å². The summed E-state index contributed by atoms with van der Waals surface area (Å²) < 4.78 is 6.41. The summed E-state index contributed by atoms with van der Waals surface area (Å²) in [6, 6.07) is 4.01. The van der Waals surface area contributed by atoms with E-state index < -0.39 is 10.7 Å². The lowest BCUT2D eigenvalue weighted by atomic mass is 10.2. The van der Waals surface area contributed by atoms with Crippen molar-refractivity contribution in [2.75, 3.05) is 13.1 Å². The molecule has 0 fully saturated rings. The minimum Gasteiger partial charge on any atom is -0.407 e. The second-order valence-corrected chi connectivity index (χ2v) is 5.38. The van der Waals surface area contributed by atoms with E-state index in [1.165, 1.54) is 22.8 Å². The smallest absolute Gasteiger partial charge is 0.407 e. The topological polar surface area (TPSA) is 133 Å². The number of oxazole rings is 1. The number of carbonyl (C=O) groups is 1. The van der Waals surface area contributed by atoms with Crippen molar-refractivity contribution in [3.63, 3.8) is 0 Å². The third-order valence-corrected chi connectivity index (χ3v) is 3.60. The van der Waals surface area contributed by atoms with Crippen molar-refractivity contribution in [2.24, 2.45) is 5.73 Å². The Labute approximate surface area is 137 Å². The summed E-state index contributed by atoms with van der Waals surface area (Å²) in [5, 5.41) is 13.5. The van der Waals surface area contributed by atoms with E-state index >= 15 is 0 Å². The number of rotatable bonds is 9. The lowest BCUT2D eigenvalue weighted by Gasteiger charge is -2.05. The highest BCUT2D eigenvalue weighted by Crippen LogP contribution is 2.20. The molecule has 2 aromatic rings. The summed E-state index contributed by atoms with van der Waals surface area (Å²) in [5.74, 6) is -0.669. The quantitative estimate of drug-likeness (QED) is 0.401. The molecule has 0 atom stereocenters. The molecule has 0 saturated heterocycles. The zero-order valence-corrected chi connectivity index (χ0v) is 13.2. The molecule has 0 bridgehead atoms. The summed E-state index contributed by atoms with van der Waals surface area (Å²) in [4.78, 5) is 33.7. The molecular weight excluding hydrogens is 316 g/mol. The van der Waals surface area contributed by atoms with Gasteiger partial charge in [0.05, 0.1) is 16.5 Å². The monoisotopic (exact) mass is 336 g/mol. The number of hydrogen-bond acceptors (Lipinski definition) is 6. The summed E-state index contributed by atoms with van der Waals surface area (Å²) in [5.41, 5.74) is 5.88. The molecule has 1 heterocycles. The number of unbranched alkanes of at least 4 members (excludes halogenated alkanes) is 1. The number of carbonyl (C=O) groups excluding carboxylic acids is 1. The molecule has 1 aromatic heterocycles. The summed E-state index contributed by atoms with van der Waals surface area (Å²) in [6.45, 7) is 1.50. The third kappa shape index (κ3) is 4.42. The van der Waals surface area contributed by atoms with Crippen molar-refractivity contribution in [3.8, 4) is 0 Å². The van der Waals surface area contributed by atoms with Crippen LogP contribution < -0.4 is 16.8 Å². The van der Waals surface area contributed by atoms with Gasteiger partial charge in [0.25, 0.3) is 5.69 Å². The number of nitrogens with one attached hydrogen (secondary N) is 1.